The average molecular weight is 470 g/mol. The van der Waals surface area contributed by atoms with Gasteiger partial charge in [-0.15, -0.1) is 10.2 Å². The van der Waals surface area contributed by atoms with Crippen molar-refractivity contribution in [2.75, 3.05) is 23.5 Å². The Kier molecular flexibility index (Phi) is 5.65. The van der Waals surface area contributed by atoms with Crippen LogP contribution in [0.1, 0.15) is 30.8 Å². The Hall–Kier alpha value is -3.58. The minimum absolute atomic E-state index is 0.0198. The molecule has 0 bridgehead atoms. The number of hydrogen-bond donors (Lipinski definition) is 1. The van der Waals surface area contributed by atoms with Crippen LogP contribution in [0.4, 0.5) is 5.69 Å². The third kappa shape index (κ3) is 3.86. The van der Waals surface area contributed by atoms with E-state index in [9.17, 15) is 4.79 Å². The number of likely N-dealkylation sites (N-methyl/N-ethyl adjacent to an activating group) is 1. The van der Waals surface area contributed by atoms with Crippen molar-refractivity contribution >= 4 is 34.0 Å². The average Bonchev–Trinajstić information content (AvgIpc) is 3.28. The molecule has 0 unspecified atom stereocenters. The van der Waals surface area contributed by atoms with Crippen molar-refractivity contribution < 1.29 is 4.79 Å². The molecule has 0 aliphatic carbocycles. The van der Waals surface area contributed by atoms with Crippen molar-refractivity contribution in [3.05, 3.63) is 95.5 Å². The van der Waals surface area contributed by atoms with Crippen molar-refractivity contribution in [2.24, 2.45) is 0 Å². The molecule has 34 heavy (non-hydrogen) atoms. The van der Waals surface area contributed by atoms with E-state index in [0.29, 0.717) is 17.4 Å². The topological polar surface area (TPSA) is 77.0 Å². The number of aromatic nitrogens is 3. The number of rotatable bonds is 6. The second-order valence-corrected chi connectivity index (χ2v) is 10.0. The van der Waals surface area contributed by atoms with E-state index >= 15 is 0 Å². The first-order valence-corrected chi connectivity index (χ1v) is 12.2. The molecule has 1 aromatic heterocycles. The summed E-state index contributed by atoms with van der Waals surface area (Å²) < 4.78 is 1.49. The van der Waals surface area contributed by atoms with Crippen molar-refractivity contribution in [1.29, 1.82) is 0 Å². The second kappa shape index (κ2) is 8.65. The van der Waals surface area contributed by atoms with Crippen molar-refractivity contribution in [1.82, 2.24) is 14.9 Å². The minimum atomic E-state index is -0.231. The molecule has 2 N–H and O–H groups in total. The summed E-state index contributed by atoms with van der Waals surface area (Å²) in [7, 11) is 2.01. The third-order valence-electron chi connectivity index (χ3n) is 6.55. The number of allylic oxidation sites excluding steroid dienone is 2. The van der Waals surface area contributed by atoms with E-state index in [-0.39, 0.29) is 17.0 Å². The van der Waals surface area contributed by atoms with E-state index in [1.54, 1.807) is 6.08 Å². The molecule has 0 saturated heterocycles. The molecule has 172 valence electrons. The molecule has 1 aliphatic rings. The lowest BCUT2D eigenvalue weighted by atomic mass is 9.83. The van der Waals surface area contributed by atoms with Crippen LogP contribution in [0.3, 0.4) is 0 Å². The quantitative estimate of drug-likeness (QED) is 0.250. The number of hydrogen-bond acceptors (Lipinski definition) is 6. The first-order chi connectivity index (χ1) is 16.4. The number of carbonyl (C=O) groups excluding carboxylic acids is 1. The monoisotopic (exact) mass is 469 g/mol. The lowest BCUT2D eigenvalue weighted by Gasteiger charge is -2.23. The molecule has 5 rings (SSSR count). The van der Waals surface area contributed by atoms with Crippen molar-refractivity contribution in [3.63, 3.8) is 0 Å². The van der Waals surface area contributed by atoms with Crippen LogP contribution in [0.2, 0.25) is 0 Å². The molecule has 2 heterocycles. The van der Waals surface area contributed by atoms with Gasteiger partial charge in [0.15, 0.2) is 11.6 Å². The van der Waals surface area contributed by atoms with Crippen LogP contribution < -0.4 is 10.7 Å². The Morgan fingerprint density at radius 3 is 2.59 bits per heavy atom. The first kappa shape index (κ1) is 22.2. The van der Waals surface area contributed by atoms with Crippen LogP contribution in [-0.2, 0) is 16.6 Å². The molecule has 3 aromatic carbocycles. The third-order valence-corrected chi connectivity index (χ3v) is 7.51. The molecule has 0 amide bonds. The van der Waals surface area contributed by atoms with Gasteiger partial charge in [0.05, 0.1) is 5.75 Å². The van der Waals surface area contributed by atoms with E-state index in [2.05, 4.69) is 65.3 Å². The lowest BCUT2D eigenvalue weighted by molar-refractivity contribution is -0.112. The first-order valence-electron chi connectivity index (χ1n) is 11.2. The fourth-order valence-electron chi connectivity index (χ4n) is 4.73. The largest absolute Gasteiger partial charge is 0.347 e. The number of para-hydroxylation sites is 1. The fraction of sp³-hybridized carbons (Fsp3) is 0.222. The predicted octanol–water partition coefficient (Wildman–Crippen LogP) is 4.71. The zero-order valence-electron chi connectivity index (χ0n) is 19.5. The van der Waals surface area contributed by atoms with E-state index in [4.69, 9.17) is 5.84 Å². The summed E-state index contributed by atoms with van der Waals surface area (Å²) in [5.41, 5.74) is 4.26. The molecule has 0 radical (unpaired) electrons. The normalized spacial score (nSPS) is 15.7. The number of fused-ring (bicyclic) bond motifs is 2. The van der Waals surface area contributed by atoms with Gasteiger partial charge in [-0.05, 0) is 28.0 Å². The number of ketones is 1. The summed E-state index contributed by atoms with van der Waals surface area (Å²) in [5.74, 6) is 7.23. The standard InChI is InChI=1S/C27H27N5OS/c1-27(2)22-13-6-7-14-23(22)31(3)24(27)16-20(33)17-34-26-30-29-25(32(26)28)15-19-11-8-10-18-9-4-5-12-21(18)19/h4-14,16H,15,17,28H2,1-3H3. The van der Waals surface area contributed by atoms with Crippen molar-refractivity contribution in [2.45, 2.75) is 30.8 Å². The van der Waals surface area contributed by atoms with Crippen LogP contribution in [0.5, 0.6) is 0 Å². The Morgan fingerprint density at radius 2 is 1.76 bits per heavy atom. The molecule has 1 aliphatic heterocycles. The van der Waals surface area contributed by atoms with Gasteiger partial charge in [0.2, 0.25) is 5.16 Å². The van der Waals surface area contributed by atoms with E-state index < -0.39 is 0 Å². The van der Waals surface area contributed by atoms with Crippen LogP contribution in [0.15, 0.2) is 83.7 Å². The Balaban J connectivity index is 1.30. The van der Waals surface area contributed by atoms with Crippen LogP contribution in [0.25, 0.3) is 10.8 Å². The number of nitrogens with two attached hydrogens (primary N) is 1. The molecule has 7 heteroatoms. The van der Waals surface area contributed by atoms with Gasteiger partial charge in [-0.3, -0.25) is 4.79 Å². The molecule has 0 fully saturated rings. The smallest absolute Gasteiger partial charge is 0.210 e. The zero-order chi connectivity index (χ0) is 23.9. The van der Waals surface area contributed by atoms with Gasteiger partial charge in [0, 0.05) is 36.3 Å². The maximum atomic E-state index is 12.9. The Morgan fingerprint density at radius 1 is 1.03 bits per heavy atom. The summed E-state index contributed by atoms with van der Waals surface area (Å²) in [6.07, 6.45) is 2.32. The SMILES string of the molecule is CN1C(=CC(=O)CSc2nnc(Cc3cccc4ccccc34)n2N)C(C)(C)c2ccccc21. The van der Waals surface area contributed by atoms with Gasteiger partial charge < -0.3 is 10.7 Å². The van der Waals surface area contributed by atoms with Crippen LogP contribution in [0, 0.1) is 0 Å². The van der Waals surface area contributed by atoms with Crippen molar-refractivity contribution in [3.8, 4) is 0 Å². The fourth-order valence-corrected chi connectivity index (χ4v) is 5.43. The van der Waals surface area contributed by atoms with Gasteiger partial charge in [-0.1, -0.05) is 86.3 Å². The number of benzene rings is 3. The maximum Gasteiger partial charge on any atom is 0.210 e. The van der Waals surface area contributed by atoms with Gasteiger partial charge in [-0.2, -0.15) is 0 Å². The van der Waals surface area contributed by atoms with Gasteiger partial charge >= 0.3 is 0 Å². The van der Waals surface area contributed by atoms with E-state index in [1.165, 1.54) is 32.8 Å². The van der Waals surface area contributed by atoms with Crippen LogP contribution in [-0.4, -0.2) is 33.5 Å². The second-order valence-electron chi connectivity index (χ2n) is 9.07. The maximum absolute atomic E-state index is 12.9. The molecule has 4 aromatic rings. The zero-order valence-corrected chi connectivity index (χ0v) is 20.3. The highest BCUT2D eigenvalue weighted by Gasteiger charge is 2.38. The highest BCUT2D eigenvalue weighted by Crippen LogP contribution is 2.46. The summed E-state index contributed by atoms with van der Waals surface area (Å²) in [6.45, 7) is 4.30. The highest BCUT2D eigenvalue weighted by atomic mass is 32.2. The van der Waals surface area contributed by atoms with E-state index in [0.717, 1.165) is 16.9 Å². The molecular weight excluding hydrogens is 442 g/mol. The molecular formula is C27H27N5OS. The molecule has 0 saturated carbocycles. The number of carbonyl (C=O) groups is 1. The summed E-state index contributed by atoms with van der Waals surface area (Å²) in [4.78, 5) is 15.0. The minimum Gasteiger partial charge on any atom is -0.347 e. The molecule has 0 atom stereocenters. The summed E-state index contributed by atoms with van der Waals surface area (Å²) >= 11 is 1.31. The van der Waals surface area contributed by atoms with Gasteiger partial charge in [0.25, 0.3) is 0 Å². The molecule has 0 spiro atoms. The lowest BCUT2D eigenvalue weighted by Crippen LogP contribution is -2.24. The number of nitrogen functional groups attached to an aromatic ring is 1. The van der Waals surface area contributed by atoms with Gasteiger partial charge in [-0.25, -0.2) is 4.68 Å². The number of anilines is 1. The summed E-state index contributed by atoms with van der Waals surface area (Å²) in [5, 5.41) is 11.4. The Labute approximate surface area is 203 Å². The number of nitrogens with zero attached hydrogens (tertiary/aromatic N) is 4. The van der Waals surface area contributed by atoms with Gasteiger partial charge in [0.1, 0.15) is 0 Å². The van der Waals surface area contributed by atoms with E-state index in [1.807, 2.05) is 37.4 Å². The Bertz CT molecular complexity index is 1420. The summed E-state index contributed by atoms with van der Waals surface area (Å²) in [6, 6.07) is 22.7. The number of thioether (sulfide) groups is 1. The predicted molar refractivity (Wildman–Crippen MR) is 139 cm³/mol. The van der Waals surface area contributed by atoms with Crippen LogP contribution >= 0.6 is 11.8 Å². The molecule has 6 nitrogen and oxygen atoms in total. The highest BCUT2D eigenvalue weighted by molar-refractivity contribution is 7.99.